The summed E-state index contributed by atoms with van der Waals surface area (Å²) in [6.07, 6.45) is 1.69. The number of hydrogen-bond donors (Lipinski definition) is 3. The molecule has 1 rings (SSSR count). The number of hydrogen-bond acceptors (Lipinski definition) is 3. The minimum absolute atomic E-state index is 0.539. The van der Waals surface area contributed by atoms with Gasteiger partial charge in [-0.05, 0) is 94.2 Å². The van der Waals surface area contributed by atoms with Crippen LogP contribution in [-0.2, 0) is 16.8 Å². The Morgan fingerprint density at radius 3 is 1.12 bits per heavy atom. The Hall–Kier alpha value is -0.900. The van der Waals surface area contributed by atoms with E-state index in [9.17, 15) is 15.3 Å². The summed E-state index contributed by atoms with van der Waals surface area (Å²) in [6.45, 7) is 17.2. The molecule has 0 aliphatic carbocycles. The van der Waals surface area contributed by atoms with E-state index in [1.807, 2.05) is 48.5 Å². The molecule has 3 unspecified atom stereocenters. The molecule has 0 aromatic heterocycles. The molecule has 0 saturated carbocycles. The first kappa shape index (κ1) is 21.1. The fourth-order valence-corrected chi connectivity index (χ4v) is 3.84. The van der Waals surface area contributed by atoms with Crippen LogP contribution in [0.5, 0.6) is 0 Å². The summed E-state index contributed by atoms with van der Waals surface area (Å²) in [5.74, 6) is 0. The summed E-state index contributed by atoms with van der Waals surface area (Å²) >= 11 is 0. The molecule has 0 spiro atoms. The fourth-order valence-electron chi connectivity index (χ4n) is 3.84. The first-order valence-electron chi connectivity index (χ1n) is 9.10. The average molecular weight is 337 g/mol. The Bertz CT molecular complexity index is 610. The van der Waals surface area contributed by atoms with Crippen molar-refractivity contribution in [3.8, 4) is 0 Å². The van der Waals surface area contributed by atoms with Gasteiger partial charge in [-0.3, -0.25) is 0 Å². The van der Waals surface area contributed by atoms with E-state index in [4.69, 9.17) is 0 Å². The van der Waals surface area contributed by atoms with Gasteiger partial charge in [-0.15, -0.1) is 0 Å². The molecule has 24 heavy (non-hydrogen) atoms. The second-order valence-corrected chi connectivity index (χ2v) is 7.88. The van der Waals surface area contributed by atoms with Crippen LogP contribution in [0.1, 0.15) is 94.2 Å². The summed E-state index contributed by atoms with van der Waals surface area (Å²) in [5.41, 5.74) is 2.25. The molecule has 0 radical (unpaired) electrons. The van der Waals surface area contributed by atoms with Crippen molar-refractivity contribution in [2.75, 3.05) is 0 Å². The van der Waals surface area contributed by atoms with Crippen molar-refractivity contribution in [2.45, 2.75) is 98.4 Å². The van der Waals surface area contributed by atoms with Gasteiger partial charge in [0.05, 0.1) is 16.8 Å². The van der Waals surface area contributed by atoms with Crippen molar-refractivity contribution in [2.24, 2.45) is 0 Å². The molecule has 3 heteroatoms. The molecular weight excluding hydrogens is 300 g/mol. The average Bonchev–Trinajstić information content (AvgIpc) is 2.49. The van der Waals surface area contributed by atoms with Crippen LogP contribution in [0.2, 0.25) is 0 Å². The number of benzene rings is 1. The van der Waals surface area contributed by atoms with Crippen LogP contribution in [0, 0.1) is 20.8 Å². The highest BCUT2D eigenvalue weighted by Crippen LogP contribution is 2.45. The van der Waals surface area contributed by atoms with Crippen molar-refractivity contribution in [1.82, 2.24) is 0 Å². The SMILES string of the molecule is CCC(C)(O)c1c(C)c(C)c(C(C)(O)CC)c(C(C)(O)CC)c1C. The Balaban J connectivity index is 4.09. The predicted octanol–water partition coefficient (Wildman–Crippen LogP) is 4.46. The monoisotopic (exact) mass is 336 g/mol. The Labute approximate surface area is 147 Å². The summed E-state index contributed by atoms with van der Waals surface area (Å²) in [5, 5.41) is 33.1. The number of rotatable bonds is 6. The second kappa shape index (κ2) is 6.78. The van der Waals surface area contributed by atoms with Crippen LogP contribution in [0.25, 0.3) is 0 Å². The topological polar surface area (TPSA) is 60.7 Å². The third-order valence-corrected chi connectivity index (χ3v) is 5.99. The summed E-state index contributed by atoms with van der Waals surface area (Å²) < 4.78 is 0. The van der Waals surface area contributed by atoms with Gasteiger partial charge in [0.2, 0.25) is 0 Å². The molecule has 0 bridgehead atoms. The third kappa shape index (κ3) is 3.40. The third-order valence-electron chi connectivity index (χ3n) is 5.99. The zero-order valence-corrected chi connectivity index (χ0v) is 17.0. The van der Waals surface area contributed by atoms with Crippen molar-refractivity contribution in [1.29, 1.82) is 0 Å². The molecule has 0 fully saturated rings. The molecule has 3 nitrogen and oxygen atoms in total. The van der Waals surface area contributed by atoms with E-state index in [2.05, 4.69) is 0 Å². The van der Waals surface area contributed by atoms with E-state index in [-0.39, 0.29) is 0 Å². The van der Waals surface area contributed by atoms with E-state index in [1.54, 1.807) is 13.8 Å². The molecule has 3 atom stereocenters. The van der Waals surface area contributed by atoms with Crippen LogP contribution in [-0.4, -0.2) is 15.3 Å². The second-order valence-electron chi connectivity index (χ2n) is 7.88. The van der Waals surface area contributed by atoms with Gasteiger partial charge in [0.25, 0.3) is 0 Å². The fraction of sp³-hybridized carbons (Fsp3) is 0.714. The lowest BCUT2D eigenvalue weighted by molar-refractivity contribution is 0.0239. The Kier molecular flexibility index (Phi) is 5.97. The largest absolute Gasteiger partial charge is 0.385 e. The molecule has 0 aliphatic heterocycles. The van der Waals surface area contributed by atoms with Gasteiger partial charge < -0.3 is 15.3 Å². The summed E-state index contributed by atoms with van der Waals surface area (Å²) in [4.78, 5) is 0. The van der Waals surface area contributed by atoms with Gasteiger partial charge in [0.1, 0.15) is 0 Å². The van der Waals surface area contributed by atoms with Crippen LogP contribution >= 0.6 is 0 Å². The molecule has 1 aromatic rings. The lowest BCUT2D eigenvalue weighted by Crippen LogP contribution is -2.34. The van der Waals surface area contributed by atoms with E-state index in [0.717, 1.165) is 33.4 Å². The van der Waals surface area contributed by atoms with Crippen molar-refractivity contribution in [3.63, 3.8) is 0 Å². The molecule has 1 aromatic carbocycles. The minimum Gasteiger partial charge on any atom is -0.385 e. The van der Waals surface area contributed by atoms with Gasteiger partial charge in [0, 0.05) is 0 Å². The van der Waals surface area contributed by atoms with E-state index >= 15 is 0 Å². The molecule has 0 saturated heterocycles. The smallest absolute Gasteiger partial charge is 0.0872 e. The molecule has 0 heterocycles. The highest BCUT2D eigenvalue weighted by Gasteiger charge is 2.39. The number of aliphatic hydroxyl groups is 3. The maximum Gasteiger partial charge on any atom is 0.0872 e. The molecule has 0 amide bonds. The lowest BCUT2D eigenvalue weighted by atomic mass is 9.71. The molecular formula is C21H36O3. The quantitative estimate of drug-likeness (QED) is 0.718. The van der Waals surface area contributed by atoms with E-state index < -0.39 is 16.8 Å². The summed E-state index contributed by atoms with van der Waals surface area (Å²) in [6, 6.07) is 0. The molecule has 3 N–H and O–H groups in total. The van der Waals surface area contributed by atoms with E-state index in [1.165, 1.54) is 0 Å². The highest BCUT2D eigenvalue weighted by molar-refractivity contribution is 5.56. The molecule has 138 valence electrons. The standard InChI is InChI=1S/C21H36O3/c1-10-19(7,22)16-13(4)14(5)17(20(8,23)11-2)18(15(16)6)21(9,24)12-3/h22-24H,10-12H2,1-9H3. The maximum atomic E-state index is 11.1. The Morgan fingerprint density at radius 1 is 0.542 bits per heavy atom. The Morgan fingerprint density at radius 2 is 0.792 bits per heavy atom. The van der Waals surface area contributed by atoms with E-state index in [0.29, 0.717) is 19.3 Å². The van der Waals surface area contributed by atoms with Gasteiger partial charge >= 0.3 is 0 Å². The first-order chi connectivity index (χ1) is 10.8. The van der Waals surface area contributed by atoms with Gasteiger partial charge in [-0.1, -0.05) is 20.8 Å². The van der Waals surface area contributed by atoms with Crippen molar-refractivity contribution < 1.29 is 15.3 Å². The van der Waals surface area contributed by atoms with Gasteiger partial charge in [-0.2, -0.15) is 0 Å². The van der Waals surface area contributed by atoms with Crippen LogP contribution < -0.4 is 0 Å². The van der Waals surface area contributed by atoms with Crippen molar-refractivity contribution in [3.05, 3.63) is 33.4 Å². The summed E-state index contributed by atoms with van der Waals surface area (Å²) in [7, 11) is 0. The van der Waals surface area contributed by atoms with Crippen LogP contribution in [0.15, 0.2) is 0 Å². The normalized spacial score (nSPS) is 19.5. The molecule has 0 aliphatic rings. The lowest BCUT2D eigenvalue weighted by Gasteiger charge is -2.39. The minimum atomic E-state index is -1.06. The zero-order chi connectivity index (χ0) is 19.1. The zero-order valence-electron chi connectivity index (χ0n) is 17.0. The van der Waals surface area contributed by atoms with Crippen LogP contribution in [0.3, 0.4) is 0 Å². The predicted molar refractivity (Wildman–Crippen MR) is 100 cm³/mol. The first-order valence-corrected chi connectivity index (χ1v) is 9.10. The van der Waals surface area contributed by atoms with Crippen LogP contribution in [0.4, 0.5) is 0 Å². The van der Waals surface area contributed by atoms with Gasteiger partial charge in [-0.25, -0.2) is 0 Å². The van der Waals surface area contributed by atoms with Crippen molar-refractivity contribution >= 4 is 0 Å². The maximum absolute atomic E-state index is 11.1. The van der Waals surface area contributed by atoms with Gasteiger partial charge in [0.15, 0.2) is 0 Å². The highest BCUT2D eigenvalue weighted by atomic mass is 16.3.